The van der Waals surface area contributed by atoms with Crippen LogP contribution in [-0.2, 0) is 0 Å². The molecule has 0 radical (unpaired) electrons. The zero-order valence-electron chi connectivity index (χ0n) is 9.71. The Morgan fingerprint density at radius 3 is 2.62 bits per heavy atom. The van der Waals surface area contributed by atoms with E-state index in [1.807, 2.05) is 5.38 Å². The lowest BCUT2D eigenvalue weighted by atomic mass is 9.81. The first kappa shape index (κ1) is 12.2. The lowest BCUT2D eigenvalue weighted by molar-refractivity contribution is 0.278. The second kappa shape index (κ2) is 5.87. The first-order valence-corrected chi connectivity index (χ1v) is 7.38. The summed E-state index contributed by atoms with van der Waals surface area (Å²) in [5.74, 6) is 1.80. The molecule has 0 amide bonds. The highest BCUT2D eigenvalue weighted by atomic mass is 35.5. The van der Waals surface area contributed by atoms with Crippen LogP contribution in [0.15, 0.2) is 5.38 Å². The highest BCUT2D eigenvalue weighted by Crippen LogP contribution is 2.31. The van der Waals surface area contributed by atoms with Gasteiger partial charge in [-0.05, 0) is 24.7 Å². The fourth-order valence-corrected chi connectivity index (χ4v) is 3.26. The molecule has 16 heavy (non-hydrogen) atoms. The highest BCUT2D eigenvalue weighted by molar-refractivity contribution is 7.14. The summed E-state index contributed by atoms with van der Waals surface area (Å²) in [6.07, 6.45) is 6.89. The minimum atomic E-state index is 0.599. The lowest BCUT2D eigenvalue weighted by Crippen LogP contribution is -2.20. The third kappa shape index (κ3) is 3.36. The van der Waals surface area contributed by atoms with Gasteiger partial charge in [0.15, 0.2) is 5.13 Å². The Bertz CT molecular complexity index is 319. The normalized spacial score (nSPS) is 25.6. The van der Waals surface area contributed by atoms with E-state index in [4.69, 9.17) is 11.6 Å². The molecule has 4 heteroatoms. The molecule has 0 aliphatic heterocycles. The van der Waals surface area contributed by atoms with Crippen molar-refractivity contribution in [2.45, 2.75) is 39.0 Å². The lowest BCUT2D eigenvalue weighted by Gasteiger charge is -2.27. The average molecular weight is 259 g/mol. The van der Waals surface area contributed by atoms with Gasteiger partial charge in [0, 0.05) is 11.9 Å². The third-order valence-electron chi connectivity index (χ3n) is 3.56. The van der Waals surface area contributed by atoms with Crippen molar-refractivity contribution in [2.24, 2.45) is 11.8 Å². The van der Waals surface area contributed by atoms with Gasteiger partial charge in [0.1, 0.15) is 5.15 Å². The number of anilines is 1. The van der Waals surface area contributed by atoms with E-state index in [2.05, 4.69) is 17.2 Å². The minimum Gasteiger partial charge on any atom is -0.361 e. The van der Waals surface area contributed by atoms with Gasteiger partial charge < -0.3 is 5.32 Å². The van der Waals surface area contributed by atoms with Gasteiger partial charge in [0.05, 0.1) is 0 Å². The standard InChI is InChI=1S/C12H19ClN2S/c1-2-9-3-5-10(6-4-9)7-14-12-15-11(13)8-16-12/h8-10H,2-7H2,1H3,(H,14,15). The molecule has 0 spiro atoms. The number of hydrogen-bond acceptors (Lipinski definition) is 3. The smallest absolute Gasteiger partial charge is 0.184 e. The molecule has 0 atom stereocenters. The molecule has 90 valence electrons. The molecule has 0 aromatic carbocycles. The molecule has 2 nitrogen and oxygen atoms in total. The van der Waals surface area contributed by atoms with Crippen molar-refractivity contribution in [3.8, 4) is 0 Å². The van der Waals surface area contributed by atoms with E-state index in [0.29, 0.717) is 5.15 Å². The zero-order valence-corrected chi connectivity index (χ0v) is 11.3. The van der Waals surface area contributed by atoms with Crippen molar-refractivity contribution in [3.63, 3.8) is 0 Å². The third-order valence-corrected chi connectivity index (χ3v) is 4.68. The summed E-state index contributed by atoms with van der Waals surface area (Å²) in [7, 11) is 0. The fourth-order valence-electron chi connectivity index (χ4n) is 2.41. The Kier molecular flexibility index (Phi) is 4.47. The van der Waals surface area contributed by atoms with Crippen molar-refractivity contribution in [3.05, 3.63) is 10.5 Å². The van der Waals surface area contributed by atoms with Gasteiger partial charge in [-0.2, -0.15) is 0 Å². The van der Waals surface area contributed by atoms with Crippen molar-refractivity contribution in [1.29, 1.82) is 0 Å². The first-order chi connectivity index (χ1) is 7.78. The predicted molar refractivity (Wildman–Crippen MR) is 71.4 cm³/mol. The Labute approximate surface area is 106 Å². The number of nitrogens with zero attached hydrogens (tertiary/aromatic N) is 1. The summed E-state index contributed by atoms with van der Waals surface area (Å²) < 4.78 is 0. The van der Waals surface area contributed by atoms with E-state index in [9.17, 15) is 0 Å². The van der Waals surface area contributed by atoms with Crippen LogP contribution in [0.1, 0.15) is 39.0 Å². The van der Waals surface area contributed by atoms with Gasteiger partial charge in [-0.25, -0.2) is 4.98 Å². The van der Waals surface area contributed by atoms with E-state index < -0.39 is 0 Å². The number of rotatable bonds is 4. The van der Waals surface area contributed by atoms with E-state index in [1.165, 1.54) is 32.1 Å². The predicted octanol–water partition coefficient (Wildman–Crippen LogP) is 4.42. The van der Waals surface area contributed by atoms with Gasteiger partial charge in [-0.3, -0.25) is 0 Å². The molecule has 1 aliphatic rings. The highest BCUT2D eigenvalue weighted by Gasteiger charge is 2.19. The molecule has 1 saturated carbocycles. The van der Waals surface area contributed by atoms with Gasteiger partial charge in [-0.15, -0.1) is 11.3 Å². The number of halogens is 1. The van der Waals surface area contributed by atoms with Crippen LogP contribution in [-0.4, -0.2) is 11.5 Å². The molecular weight excluding hydrogens is 240 g/mol. The van der Waals surface area contributed by atoms with Crippen LogP contribution in [0, 0.1) is 11.8 Å². The molecule has 1 fully saturated rings. The maximum absolute atomic E-state index is 5.78. The molecule has 0 unspecified atom stereocenters. The molecule has 1 aromatic heterocycles. The molecule has 0 bridgehead atoms. The first-order valence-electron chi connectivity index (χ1n) is 6.12. The van der Waals surface area contributed by atoms with Crippen molar-refractivity contribution in [2.75, 3.05) is 11.9 Å². The van der Waals surface area contributed by atoms with Crippen LogP contribution in [0.25, 0.3) is 0 Å². The van der Waals surface area contributed by atoms with E-state index in [0.717, 1.165) is 23.5 Å². The number of aromatic nitrogens is 1. The van der Waals surface area contributed by atoms with Crippen LogP contribution >= 0.6 is 22.9 Å². The van der Waals surface area contributed by atoms with Crippen LogP contribution < -0.4 is 5.32 Å². The fraction of sp³-hybridized carbons (Fsp3) is 0.750. The average Bonchev–Trinajstić information content (AvgIpc) is 2.73. The van der Waals surface area contributed by atoms with Gasteiger partial charge in [0.25, 0.3) is 0 Å². The van der Waals surface area contributed by atoms with Crippen LogP contribution in [0.4, 0.5) is 5.13 Å². The summed E-state index contributed by atoms with van der Waals surface area (Å²) >= 11 is 7.37. The van der Waals surface area contributed by atoms with Crippen LogP contribution in [0.3, 0.4) is 0 Å². The minimum absolute atomic E-state index is 0.599. The summed E-state index contributed by atoms with van der Waals surface area (Å²) in [5.41, 5.74) is 0. The maximum atomic E-state index is 5.78. The van der Waals surface area contributed by atoms with E-state index in [1.54, 1.807) is 11.3 Å². The SMILES string of the molecule is CCC1CCC(CNc2nc(Cl)cs2)CC1. The van der Waals surface area contributed by atoms with Crippen LogP contribution in [0.5, 0.6) is 0 Å². The Balaban J connectivity index is 1.71. The second-order valence-corrected chi connectivity index (χ2v) is 5.90. The Morgan fingerprint density at radius 2 is 2.06 bits per heavy atom. The Morgan fingerprint density at radius 1 is 1.38 bits per heavy atom. The monoisotopic (exact) mass is 258 g/mol. The van der Waals surface area contributed by atoms with Crippen molar-refractivity contribution >= 4 is 28.1 Å². The Hall–Kier alpha value is -0.280. The van der Waals surface area contributed by atoms with Gasteiger partial charge in [-0.1, -0.05) is 37.8 Å². The molecule has 1 N–H and O–H groups in total. The number of thiazole rings is 1. The summed E-state index contributed by atoms with van der Waals surface area (Å²) in [6.45, 7) is 3.36. The van der Waals surface area contributed by atoms with Crippen molar-refractivity contribution < 1.29 is 0 Å². The summed E-state index contributed by atoms with van der Waals surface area (Å²) in [6, 6.07) is 0. The summed E-state index contributed by atoms with van der Waals surface area (Å²) in [5, 5.41) is 6.82. The van der Waals surface area contributed by atoms with Crippen LogP contribution in [0.2, 0.25) is 5.15 Å². The van der Waals surface area contributed by atoms with E-state index in [-0.39, 0.29) is 0 Å². The van der Waals surface area contributed by atoms with Crippen molar-refractivity contribution in [1.82, 2.24) is 4.98 Å². The largest absolute Gasteiger partial charge is 0.361 e. The van der Waals surface area contributed by atoms with Gasteiger partial charge in [0.2, 0.25) is 0 Å². The topological polar surface area (TPSA) is 24.9 Å². The molecular formula is C12H19ClN2S. The summed E-state index contributed by atoms with van der Waals surface area (Å²) in [4.78, 5) is 4.20. The molecule has 1 aliphatic carbocycles. The molecule has 1 aromatic rings. The quantitative estimate of drug-likeness (QED) is 0.865. The van der Waals surface area contributed by atoms with Gasteiger partial charge >= 0.3 is 0 Å². The second-order valence-electron chi connectivity index (χ2n) is 4.65. The molecule has 1 heterocycles. The van der Waals surface area contributed by atoms with E-state index >= 15 is 0 Å². The number of hydrogen-bond donors (Lipinski definition) is 1. The maximum Gasteiger partial charge on any atom is 0.184 e. The number of nitrogens with one attached hydrogen (secondary N) is 1. The zero-order chi connectivity index (χ0) is 11.4. The molecule has 2 rings (SSSR count). The molecule has 0 saturated heterocycles.